The van der Waals surface area contributed by atoms with Crippen molar-refractivity contribution >= 4 is 65.3 Å². The summed E-state index contributed by atoms with van der Waals surface area (Å²) in [5, 5.41) is 9.04. The van der Waals surface area contributed by atoms with E-state index in [9.17, 15) is 0 Å². The fraction of sp³-hybridized carbons (Fsp3) is 0.0222. The molecular formula is C45H28N2O. The van der Waals surface area contributed by atoms with Crippen molar-refractivity contribution < 1.29 is 4.42 Å². The number of hydrogen-bond donors (Lipinski definition) is 0. The Hall–Kier alpha value is -6.32. The third-order valence-electron chi connectivity index (χ3n) is 9.83. The predicted molar refractivity (Wildman–Crippen MR) is 200 cm³/mol. The molecule has 0 unspecified atom stereocenters. The number of fused-ring (bicyclic) bond motifs is 10. The number of para-hydroxylation sites is 2. The SMILES string of the molecule is Cc1c(-c2cccc(-c3nc4ccccc4c4c3ccc3c5ccccc5oc34)c2)ccc2ccc3ccc(-c4ccccc4)nc3c12. The van der Waals surface area contributed by atoms with Crippen molar-refractivity contribution in [1.82, 2.24) is 9.97 Å². The van der Waals surface area contributed by atoms with Crippen molar-refractivity contribution in [3.05, 3.63) is 157 Å². The fourth-order valence-electron chi connectivity index (χ4n) is 7.52. The summed E-state index contributed by atoms with van der Waals surface area (Å²) < 4.78 is 6.55. The second-order valence-electron chi connectivity index (χ2n) is 12.6. The van der Waals surface area contributed by atoms with E-state index < -0.39 is 0 Å². The van der Waals surface area contributed by atoms with Crippen molar-refractivity contribution in [3.63, 3.8) is 0 Å². The van der Waals surface area contributed by atoms with E-state index in [1.54, 1.807) is 0 Å². The Kier molecular flexibility index (Phi) is 5.79. The molecule has 0 saturated heterocycles. The molecule has 224 valence electrons. The van der Waals surface area contributed by atoms with Gasteiger partial charge in [0.15, 0.2) is 0 Å². The maximum absolute atomic E-state index is 6.55. The minimum Gasteiger partial charge on any atom is -0.455 e. The molecule has 3 heterocycles. The van der Waals surface area contributed by atoms with Crippen molar-refractivity contribution in [1.29, 1.82) is 0 Å². The van der Waals surface area contributed by atoms with Crippen LogP contribution in [0, 0.1) is 6.92 Å². The van der Waals surface area contributed by atoms with Crippen molar-refractivity contribution in [3.8, 4) is 33.6 Å². The van der Waals surface area contributed by atoms with Crippen LogP contribution in [0.25, 0.3) is 98.9 Å². The topological polar surface area (TPSA) is 38.9 Å². The third-order valence-corrected chi connectivity index (χ3v) is 9.83. The number of nitrogens with zero attached hydrogens (tertiary/aromatic N) is 2. The van der Waals surface area contributed by atoms with Gasteiger partial charge < -0.3 is 4.42 Å². The number of furan rings is 1. The van der Waals surface area contributed by atoms with E-state index in [0.717, 1.165) is 82.6 Å². The molecule has 48 heavy (non-hydrogen) atoms. The first-order valence-electron chi connectivity index (χ1n) is 16.3. The quantitative estimate of drug-likeness (QED) is 0.186. The fourth-order valence-corrected chi connectivity index (χ4v) is 7.52. The van der Waals surface area contributed by atoms with Gasteiger partial charge in [0, 0.05) is 48.8 Å². The number of pyridine rings is 2. The lowest BCUT2D eigenvalue weighted by Gasteiger charge is -2.15. The van der Waals surface area contributed by atoms with E-state index in [2.05, 4.69) is 140 Å². The van der Waals surface area contributed by atoms with Gasteiger partial charge in [-0.25, -0.2) is 9.97 Å². The molecule has 0 bridgehead atoms. The zero-order chi connectivity index (χ0) is 31.8. The molecule has 3 nitrogen and oxygen atoms in total. The van der Waals surface area contributed by atoms with Gasteiger partial charge in [0.2, 0.25) is 0 Å². The Morgan fingerprint density at radius 2 is 1.19 bits per heavy atom. The van der Waals surface area contributed by atoms with Crippen LogP contribution < -0.4 is 0 Å². The third kappa shape index (κ3) is 4.01. The molecule has 0 fully saturated rings. The number of aromatic nitrogens is 2. The highest BCUT2D eigenvalue weighted by Gasteiger charge is 2.18. The van der Waals surface area contributed by atoms with Crippen LogP contribution in [0.4, 0.5) is 0 Å². The Labute approximate surface area is 276 Å². The molecule has 0 aliphatic carbocycles. The molecule has 3 aromatic heterocycles. The second-order valence-corrected chi connectivity index (χ2v) is 12.6. The lowest BCUT2D eigenvalue weighted by atomic mass is 9.91. The first-order chi connectivity index (χ1) is 23.7. The van der Waals surface area contributed by atoms with E-state index in [4.69, 9.17) is 14.4 Å². The van der Waals surface area contributed by atoms with Crippen LogP contribution in [-0.4, -0.2) is 9.97 Å². The summed E-state index contributed by atoms with van der Waals surface area (Å²) in [6, 6.07) is 53.4. The van der Waals surface area contributed by atoms with Gasteiger partial charge >= 0.3 is 0 Å². The van der Waals surface area contributed by atoms with Gasteiger partial charge in [-0.1, -0.05) is 121 Å². The van der Waals surface area contributed by atoms with Crippen LogP contribution in [0.15, 0.2) is 156 Å². The van der Waals surface area contributed by atoms with Crippen LogP contribution in [-0.2, 0) is 0 Å². The molecule has 0 radical (unpaired) electrons. The van der Waals surface area contributed by atoms with Crippen molar-refractivity contribution in [2.24, 2.45) is 0 Å². The molecular weight excluding hydrogens is 585 g/mol. The van der Waals surface area contributed by atoms with Gasteiger partial charge in [0.1, 0.15) is 11.2 Å². The molecule has 7 aromatic carbocycles. The van der Waals surface area contributed by atoms with Gasteiger partial charge in [-0.2, -0.15) is 0 Å². The minimum absolute atomic E-state index is 0.897. The summed E-state index contributed by atoms with van der Waals surface area (Å²) in [5.74, 6) is 0. The van der Waals surface area contributed by atoms with E-state index in [1.165, 1.54) is 21.9 Å². The predicted octanol–water partition coefficient (Wildman–Crippen LogP) is 12.3. The first kappa shape index (κ1) is 26.9. The van der Waals surface area contributed by atoms with Gasteiger partial charge in [0.25, 0.3) is 0 Å². The lowest BCUT2D eigenvalue weighted by Crippen LogP contribution is -1.93. The molecule has 0 aliphatic heterocycles. The summed E-state index contributed by atoms with van der Waals surface area (Å²) in [7, 11) is 0. The molecule has 0 atom stereocenters. The van der Waals surface area contributed by atoms with Gasteiger partial charge in [-0.15, -0.1) is 0 Å². The summed E-state index contributed by atoms with van der Waals surface area (Å²) in [6.07, 6.45) is 0. The largest absolute Gasteiger partial charge is 0.455 e. The molecule has 10 aromatic rings. The maximum atomic E-state index is 6.55. The molecule has 0 N–H and O–H groups in total. The molecule has 0 amide bonds. The molecule has 10 rings (SSSR count). The van der Waals surface area contributed by atoms with Gasteiger partial charge in [-0.3, -0.25) is 0 Å². The monoisotopic (exact) mass is 612 g/mol. The summed E-state index contributed by atoms with van der Waals surface area (Å²) >= 11 is 0. The minimum atomic E-state index is 0.897. The average molecular weight is 613 g/mol. The van der Waals surface area contributed by atoms with Gasteiger partial charge in [-0.05, 0) is 59.3 Å². The lowest BCUT2D eigenvalue weighted by molar-refractivity contribution is 0.673. The zero-order valence-electron chi connectivity index (χ0n) is 26.2. The van der Waals surface area contributed by atoms with Crippen LogP contribution in [0.1, 0.15) is 5.56 Å². The standard InChI is InChI=1S/C45H28N2O/c1-27-33(22-20-29-18-19-30-21-25-38(46-44(30)41(27)29)28-10-3-2-4-11-28)31-12-9-13-32(26-31)43-37-24-23-35-34-14-6-8-17-40(34)48-45(35)42(37)36-15-5-7-16-39(36)47-43/h2-26H,1H3. The highest BCUT2D eigenvalue weighted by Crippen LogP contribution is 2.42. The Bertz CT molecular complexity index is 2900. The van der Waals surface area contributed by atoms with E-state index in [0.29, 0.717) is 0 Å². The molecule has 0 spiro atoms. The highest BCUT2D eigenvalue weighted by molar-refractivity contribution is 6.24. The van der Waals surface area contributed by atoms with Crippen molar-refractivity contribution in [2.45, 2.75) is 6.92 Å². The maximum Gasteiger partial charge on any atom is 0.144 e. The first-order valence-corrected chi connectivity index (χ1v) is 16.3. The smallest absolute Gasteiger partial charge is 0.144 e. The van der Waals surface area contributed by atoms with Crippen LogP contribution in [0.2, 0.25) is 0 Å². The zero-order valence-corrected chi connectivity index (χ0v) is 26.2. The summed E-state index contributed by atoms with van der Waals surface area (Å²) in [4.78, 5) is 10.5. The number of rotatable bonds is 3. The van der Waals surface area contributed by atoms with Crippen LogP contribution >= 0.6 is 0 Å². The van der Waals surface area contributed by atoms with E-state index >= 15 is 0 Å². The molecule has 0 saturated carbocycles. The van der Waals surface area contributed by atoms with Crippen molar-refractivity contribution in [2.75, 3.05) is 0 Å². The van der Waals surface area contributed by atoms with Crippen LogP contribution in [0.3, 0.4) is 0 Å². The highest BCUT2D eigenvalue weighted by atomic mass is 16.3. The van der Waals surface area contributed by atoms with Gasteiger partial charge in [0.05, 0.1) is 22.4 Å². The van der Waals surface area contributed by atoms with E-state index in [-0.39, 0.29) is 0 Å². The Balaban J connectivity index is 1.19. The Morgan fingerprint density at radius 3 is 2.10 bits per heavy atom. The summed E-state index contributed by atoms with van der Waals surface area (Å²) in [6.45, 7) is 2.22. The normalized spacial score (nSPS) is 11.9. The average Bonchev–Trinajstić information content (AvgIpc) is 3.53. The second kappa shape index (κ2) is 10.3. The van der Waals surface area contributed by atoms with E-state index in [1.807, 2.05) is 18.2 Å². The number of hydrogen-bond acceptors (Lipinski definition) is 3. The number of aryl methyl sites for hydroxylation is 1. The molecule has 0 aliphatic rings. The molecule has 3 heteroatoms. The van der Waals surface area contributed by atoms with Crippen LogP contribution in [0.5, 0.6) is 0 Å². The summed E-state index contributed by atoms with van der Waals surface area (Å²) in [5.41, 5.74) is 11.5. The Morgan fingerprint density at radius 1 is 0.479 bits per heavy atom. The number of benzene rings is 7.